The second kappa shape index (κ2) is 8.99. The molecule has 0 unspecified atom stereocenters. The van der Waals surface area contributed by atoms with Gasteiger partial charge < -0.3 is 11.5 Å². The van der Waals surface area contributed by atoms with Crippen LogP contribution in [0.3, 0.4) is 0 Å². The second-order valence-corrected chi connectivity index (χ2v) is 7.58. The number of benzene rings is 1. The third-order valence-corrected chi connectivity index (χ3v) is 4.92. The van der Waals surface area contributed by atoms with Crippen LogP contribution in [-0.2, 0) is 6.18 Å². The minimum atomic E-state index is -4.93. The fraction of sp³-hybridized carbons (Fsp3) is 0.231. The second-order valence-electron chi connectivity index (χ2n) is 4.67. The van der Waals surface area contributed by atoms with Crippen molar-refractivity contribution in [3.8, 4) is 5.75 Å². The van der Waals surface area contributed by atoms with Gasteiger partial charge in [0.25, 0.3) is 5.91 Å². The minimum absolute atomic E-state index is 0. The van der Waals surface area contributed by atoms with E-state index in [4.69, 9.17) is 0 Å². The van der Waals surface area contributed by atoms with Crippen LogP contribution in [0.5, 0.6) is 5.75 Å². The zero-order chi connectivity index (χ0) is 19.9. The molecule has 1 aromatic carbocycles. The molecule has 14 heteroatoms. The molecule has 27 heavy (non-hydrogen) atoms. The zero-order valence-electron chi connectivity index (χ0n) is 14.4. The first-order valence-corrected chi connectivity index (χ1v) is 8.79. The van der Waals surface area contributed by atoms with Gasteiger partial charge in [-0.25, -0.2) is 4.98 Å². The molecule has 2 rings (SSSR count). The number of halogens is 8. The molecule has 1 amide bonds. The molecule has 0 atom stereocenters. The molecule has 144 valence electrons. The standard InChI is InChI=1S/C13H6Br2F6N2O2S.Na.H/c1-4-22-10(12(16,17)18)9(26-4)11(24)23-8-6(14)2-5(3-7(8)15)25-13(19,20)21;;/h2-3H,1H3,(H,23,24);;/q;+1;-1. The van der Waals surface area contributed by atoms with Crippen molar-refractivity contribution in [2.24, 2.45) is 0 Å². The van der Waals surface area contributed by atoms with Crippen molar-refractivity contribution < 1.29 is 66.9 Å². The number of aromatic nitrogens is 1. The number of nitrogens with zero attached hydrogens (tertiary/aromatic N) is 1. The number of aryl methyl sites for hydroxylation is 1. The summed E-state index contributed by atoms with van der Waals surface area (Å²) in [6.45, 7) is 1.31. The van der Waals surface area contributed by atoms with Gasteiger partial charge in [-0.15, -0.1) is 24.5 Å². The Morgan fingerprint density at radius 1 is 1.19 bits per heavy atom. The number of rotatable bonds is 3. The first-order chi connectivity index (χ1) is 11.8. The molecule has 0 fully saturated rings. The van der Waals surface area contributed by atoms with Crippen LogP contribution in [-0.4, -0.2) is 17.3 Å². The van der Waals surface area contributed by atoms with Crippen molar-refractivity contribution >= 4 is 54.8 Å². The molecule has 1 heterocycles. The molecule has 0 bridgehead atoms. The van der Waals surface area contributed by atoms with Crippen molar-refractivity contribution in [1.29, 1.82) is 0 Å². The molecular weight excluding hydrogens is 545 g/mol. The summed E-state index contributed by atoms with van der Waals surface area (Å²) < 4.78 is 79.3. The fourth-order valence-electron chi connectivity index (χ4n) is 1.81. The molecule has 0 saturated carbocycles. The topological polar surface area (TPSA) is 51.2 Å². The van der Waals surface area contributed by atoms with E-state index < -0.39 is 34.8 Å². The van der Waals surface area contributed by atoms with E-state index in [-0.39, 0.29) is 50.6 Å². The van der Waals surface area contributed by atoms with E-state index in [9.17, 15) is 31.1 Å². The van der Waals surface area contributed by atoms with Gasteiger partial charge in [0.15, 0.2) is 5.69 Å². The molecule has 1 aromatic heterocycles. The number of nitrogens with one attached hydrogen (secondary N) is 1. The molecule has 4 nitrogen and oxygen atoms in total. The van der Waals surface area contributed by atoms with E-state index in [2.05, 4.69) is 46.9 Å². The van der Waals surface area contributed by atoms with Crippen LogP contribution in [0.1, 0.15) is 21.8 Å². The van der Waals surface area contributed by atoms with Crippen molar-refractivity contribution in [3.05, 3.63) is 36.7 Å². The molecule has 0 radical (unpaired) electrons. The Kier molecular flexibility index (Phi) is 8.22. The summed E-state index contributed by atoms with van der Waals surface area (Å²) in [5.41, 5.74) is -1.40. The van der Waals surface area contributed by atoms with Gasteiger partial charge in [-0.2, -0.15) is 13.2 Å². The largest absolute Gasteiger partial charge is 1.00 e. The van der Waals surface area contributed by atoms with Crippen LogP contribution in [0.4, 0.5) is 32.0 Å². The monoisotopic (exact) mass is 550 g/mol. The number of hydrogen-bond acceptors (Lipinski definition) is 4. The summed E-state index contributed by atoms with van der Waals surface area (Å²) in [6.07, 6.45) is -9.75. The Morgan fingerprint density at radius 3 is 2.15 bits per heavy atom. The molecule has 0 saturated heterocycles. The van der Waals surface area contributed by atoms with Gasteiger partial charge in [0, 0.05) is 8.95 Å². The van der Waals surface area contributed by atoms with Gasteiger partial charge in [-0.3, -0.25) is 4.79 Å². The van der Waals surface area contributed by atoms with Gasteiger partial charge in [-0.1, -0.05) is 0 Å². The first-order valence-electron chi connectivity index (χ1n) is 6.38. The molecule has 0 aliphatic rings. The van der Waals surface area contributed by atoms with Crippen molar-refractivity contribution in [2.75, 3.05) is 5.32 Å². The molecule has 1 N–H and O–H groups in total. The number of ether oxygens (including phenoxy) is 1. The number of carbonyl (C=O) groups is 1. The van der Waals surface area contributed by atoms with Crippen LogP contribution in [0, 0.1) is 6.92 Å². The van der Waals surface area contributed by atoms with E-state index in [1.165, 1.54) is 6.92 Å². The van der Waals surface area contributed by atoms with E-state index in [1.54, 1.807) is 0 Å². The van der Waals surface area contributed by atoms with Crippen LogP contribution in [0.2, 0.25) is 0 Å². The van der Waals surface area contributed by atoms with E-state index in [0.717, 1.165) is 12.1 Å². The third-order valence-electron chi connectivity index (χ3n) is 2.70. The maximum absolute atomic E-state index is 13.0. The van der Waals surface area contributed by atoms with Crippen LogP contribution < -0.4 is 39.6 Å². The molecule has 2 aromatic rings. The fourth-order valence-corrected chi connectivity index (χ4v) is 3.98. The normalized spacial score (nSPS) is 11.7. The maximum Gasteiger partial charge on any atom is 1.00 e. The molecular formula is C13H7Br2F6N2NaO2S. The Bertz CT molecular complexity index is 840. The van der Waals surface area contributed by atoms with Gasteiger partial charge in [-0.05, 0) is 50.9 Å². The van der Waals surface area contributed by atoms with E-state index in [0.29, 0.717) is 11.3 Å². The number of carbonyl (C=O) groups excluding carboxylic acids is 1. The molecule has 0 aliphatic heterocycles. The van der Waals surface area contributed by atoms with E-state index in [1.807, 2.05) is 0 Å². The average molecular weight is 552 g/mol. The Labute approximate surface area is 192 Å². The van der Waals surface area contributed by atoms with Gasteiger partial charge in [0.2, 0.25) is 0 Å². The van der Waals surface area contributed by atoms with Crippen LogP contribution >= 0.6 is 43.2 Å². The molecule has 0 spiro atoms. The van der Waals surface area contributed by atoms with Crippen LogP contribution in [0.15, 0.2) is 21.1 Å². The zero-order valence-corrected chi connectivity index (χ0v) is 19.3. The predicted molar refractivity (Wildman–Crippen MR) is 89.4 cm³/mol. The number of anilines is 1. The Morgan fingerprint density at radius 2 is 1.70 bits per heavy atom. The Balaban J connectivity index is 0.00000364. The Hall–Kier alpha value is -0.340. The summed E-state index contributed by atoms with van der Waals surface area (Å²) in [6, 6.07) is 1.83. The predicted octanol–water partition coefficient (Wildman–Crippen LogP) is 3.26. The smallest absolute Gasteiger partial charge is 1.00 e. The summed E-state index contributed by atoms with van der Waals surface area (Å²) in [4.78, 5) is 14.9. The summed E-state index contributed by atoms with van der Waals surface area (Å²) in [5, 5.41) is 2.25. The summed E-state index contributed by atoms with van der Waals surface area (Å²) >= 11 is 6.43. The van der Waals surface area contributed by atoms with Gasteiger partial charge in [0.05, 0.1) is 10.7 Å². The number of thiazole rings is 1. The van der Waals surface area contributed by atoms with Crippen molar-refractivity contribution in [2.45, 2.75) is 19.5 Å². The van der Waals surface area contributed by atoms with Gasteiger partial charge >= 0.3 is 42.1 Å². The third kappa shape index (κ3) is 6.60. The number of amides is 1. The quantitative estimate of drug-likeness (QED) is 0.471. The van der Waals surface area contributed by atoms with Crippen molar-refractivity contribution in [3.63, 3.8) is 0 Å². The number of alkyl halides is 6. The SMILES string of the molecule is Cc1nc(C(F)(F)F)c(C(=O)Nc2c(Br)cc(OC(F)(F)F)cc2Br)s1.[H-].[Na+]. The van der Waals surface area contributed by atoms with E-state index >= 15 is 0 Å². The number of hydrogen-bond donors (Lipinski definition) is 1. The summed E-state index contributed by atoms with van der Waals surface area (Å²) in [5.74, 6) is -1.69. The van der Waals surface area contributed by atoms with Crippen molar-refractivity contribution in [1.82, 2.24) is 4.98 Å². The van der Waals surface area contributed by atoms with Gasteiger partial charge in [0.1, 0.15) is 10.6 Å². The summed E-state index contributed by atoms with van der Waals surface area (Å²) in [7, 11) is 0. The first kappa shape index (κ1) is 24.7. The molecule has 0 aliphatic carbocycles. The minimum Gasteiger partial charge on any atom is -1.00 e. The average Bonchev–Trinajstić information content (AvgIpc) is 2.83. The maximum atomic E-state index is 13.0. The van der Waals surface area contributed by atoms with Crippen LogP contribution in [0.25, 0.3) is 0 Å².